The van der Waals surface area contributed by atoms with Crippen LogP contribution >= 0.6 is 11.3 Å². The van der Waals surface area contributed by atoms with Crippen molar-refractivity contribution in [2.75, 3.05) is 26.2 Å². The summed E-state index contributed by atoms with van der Waals surface area (Å²) in [6, 6.07) is 11.9. The minimum Gasteiger partial charge on any atom is -0.494 e. The van der Waals surface area contributed by atoms with E-state index in [1.807, 2.05) is 25.1 Å². The van der Waals surface area contributed by atoms with Gasteiger partial charge in [0.05, 0.1) is 12.6 Å². The Morgan fingerprint density at radius 2 is 2.08 bits per heavy atom. The largest absolute Gasteiger partial charge is 0.494 e. The van der Waals surface area contributed by atoms with Crippen molar-refractivity contribution in [2.45, 2.75) is 32.2 Å². The van der Waals surface area contributed by atoms with Crippen LogP contribution in [0, 0.1) is 0 Å². The zero-order valence-corrected chi connectivity index (χ0v) is 15.6. The van der Waals surface area contributed by atoms with E-state index in [0.717, 1.165) is 18.8 Å². The third kappa shape index (κ3) is 4.83. The third-order valence-electron chi connectivity index (χ3n) is 4.57. The SMILES string of the molecule is CCOc1cccc(C(=O)NC[C@H](c2cccs2)N2CCCCC2)c1. The summed E-state index contributed by atoms with van der Waals surface area (Å²) in [5.74, 6) is 0.695. The van der Waals surface area contributed by atoms with Gasteiger partial charge in [0.2, 0.25) is 0 Å². The molecule has 1 aliphatic heterocycles. The summed E-state index contributed by atoms with van der Waals surface area (Å²) in [7, 11) is 0. The molecule has 0 spiro atoms. The lowest BCUT2D eigenvalue weighted by molar-refractivity contribution is 0.0925. The molecule has 1 N–H and O–H groups in total. The lowest BCUT2D eigenvalue weighted by Gasteiger charge is -2.34. The molecule has 2 aromatic rings. The number of amides is 1. The van der Waals surface area contributed by atoms with Crippen molar-refractivity contribution in [3.05, 3.63) is 52.2 Å². The highest BCUT2D eigenvalue weighted by Crippen LogP contribution is 2.27. The maximum absolute atomic E-state index is 12.6. The molecule has 3 rings (SSSR count). The standard InChI is InChI=1S/C20H26N2O2S/c1-2-24-17-9-6-8-16(14-17)20(23)21-15-18(19-10-7-13-25-19)22-11-4-3-5-12-22/h6-10,13-14,18H,2-5,11-12,15H2,1H3,(H,21,23)/t18-/m1/s1. The van der Waals surface area contributed by atoms with Gasteiger partial charge in [0, 0.05) is 17.0 Å². The van der Waals surface area contributed by atoms with Gasteiger partial charge in [-0.15, -0.1) is 11.3 Å². The van der Waals surface area contributed by atoms with Crippen LogP contribution in [-0.4, -0.2) is 37.0 Å². The van der Waals surface area contributed by atoms with E-state index in [1.165, 1.54) is 24.1 Å². The number of piperidine rings is 1. The van der Waals surface area contributed by atoms with Crippen molar-refractivity contribution < 1.29 is 9.53 Å². The molecular weight excluding hydrogens is 332 g/mol. The quantitative estimate of drug-likeness (QED) is 0.810. The number of ether oxygens (including phenoxy) is 1. The first-order chi connectivity index (χ1) is 12.3. The van der Waals surface area contributed by atoms with Gasteiger partial charge in [0.15, 0.2) is 0 Å². The van der Waals surface area contributed by atoms with Crippen molar-refractivity contribution >= 4 is 17.2 Å². The Morgan fingerprint density at radius 1 is 1.24 bits per heavy atom. The molecule has 1 amide bonds. The predicted octanol–water partition coefficient (Wildman–Crippen LogP) is 4.10. The molecule has 0 radical (unpaired) electrons. The number of rotatable bonds is 7. The number of hydrogen-bond donors (Lipinski definition) is 1. The first-order valence-corrected chi connectivity index (χ1v) is 9.94. The molecule has 25 heavy (non-hydrogen) atoms. The molecule has 5 heteroatoms. The molecule has 0 saturated carbocycles. The van der Waals surface area contributed by atoms with Crippen molar-refractivity contribution in [3.8, 4) is 5.75 Å². The minimum absolute atomic E-state index is 0.0416. The first kappa shape index (κ1) is 18.0. The molecule has 4 nitrogen and oxygen atoms in total. The lowest BCUT2D eigenvalue weighted by atomic mass is 10.1. The number of carbonyl (C=O) groups excluding carboxylic acids is 1. The van der Waals surface area contributed by atoms with Crippen LogP contribution in [0.1, 0.15) is 47.5 Å². The summed E-state index contributed by atoms with van der Waals surface area (Å²) in [5, 5.41) is 5.24. The first-order valence-electron chi connectivity index (χ1n) is 9.06. The smallest absolute Gasteiger partial charge is 0.251 e. The van der Waals surface area contributed by atoms with E-state index in [9.17, 15) is 4.79 Å². The monoisotopic (exact) mass is 358 g/mol. The van der Waals surface area contributed by atoms with Gasteiger partial charge in [0.25, 0.3) is 5.91 Å². The summed E-state index contributed by atoms with van der Waals surface area (Å²) >= 11 is 1.77. The van der Waals surface area contributed by atoms with Crippen LogP contribution in [0.5, 0.6) is 5.75 Å². The van der Waals surface area contributed by atoms with Gasteiger partial charge in [-0.1, -0.05) is 18.6 Å². The second-order valence-electron chi connectivity index (χ2n) is 6.30. The maximum atomic E-state index is 12.6. The molecular formula is C20H26N2O2S. The molecule has 0 aliphatic carbocycles. The Balaban J connectivity index is 1.66. The number of nitrogens with zero attached hydrogens (tertiary/aromatic N) is 1. The summed E-state index contributed by atoms with van der Waals surface area (Å²) in [5.41, 5.74) is 0.648. The number of benzene rings is 1. The number of nitrogens with one attached hydrogen (secondary N) is 1. The van der Waals surface area contributed by atoms with E-state index >= 15 is 0 Å². The average molecular weight is 359 g/mol. The molecule has 1 saturated heterocycles. The Bertz CT molecular complexity index is 666. The molecule has 0 bridgehead atoms. The van der Waals surface area contributed by atoms with Crippen LogP contribution in [0.3, 0.4) is 0 Å². The lowest BCUT2D eigenvalue weighted by Crippen LogP contribution is -2.40. The molecule has 1 aromatic heterocycles. The van der Waals surface area contributed by atoms with E-state index in [4.69, 9.17) is 4.74 Å². The van der Waals surface area contributed by atoms with Gasteiger partial charge >= 0.3 is 0 Å². The topological polar surface area (TPSA) is 41.6 Å². The Hall–Kier alpha value is -1.85. The molecule has 0 unspecified atom stereocenters. The van der Waals surface area contributed by atoms with Gasteiger partial charge in [0.1, 0.15) is 5.75 Å². The Morgan fingerprint density at radius 3 is 2.80 bits per heavy atom. The van der Waals surface area contributed by atoms with Crippen LogP contribution in [0.4, 0.5) is 0 Å². The van der Waals surface area contributed by atoms with Crippen LogP contribution in [-0.2, 0) is 0 Å². The predicted molar refractivity (Wildman–Crippen MR) is 102 cm³/mol. The number of carbonyl (C=O) groups is 1. The van der Waals surface area contributed by atoms with Gasteiger partial charge < -0.3 is 10.1 Å². The van der Waals surface area contributed by atoms with Gasteiger partial charge in [-0.3, -0.25) is 9.69 Å². The number of thiophene rings is 1. The summed E-state index contributed by atoms with van der Waals surface area (Å²) in [4.78, 5) is 16.4. The van der Waals surface area contributed by atoms with Crippen LogP contribution in [0.2, 0.25) is 0 Å². The van der Waals surface area contributed by atoms with Crippen molar-refractivity contribution in [1.29, 1.82) is 0 Å². The summed E-state index contributed by atoms with van der Waals surface area (Å²) < 4.78 is 5.49. The zero-order chi connectivity index (χ0) is 17.5. The Labute approximate surface area is 153 Å². The van der Waals surface area contributed by atoms with E-state index in [-0.39, 0.29) is 11.9 Å². The van der Waals surface area contributed by atoms with Crippen LogP contribution in [0.15, 0.2) is 41.8 Å². The van der Waals surface area contributed by atoms with E-state index < -0.39 is 0 Å². The second kappa shape index (κ2) is 9.02. The highest BCUT2D eigenvalue weighted by atomic mass is 32.1. The Kier molecular flexibility index (Phi) is 6.48. The second-order valence-corrected chi connectivity index (χ2v) is 7.28. The maximum Gasteiger partial charge on any atom is 0.251 e. The molecule has 1 atom stereocenters. The molecule has 2 heterocycles. The molecule has 1 aromatic carbocycles. The molecule has 1 fully saturated rings. The number of hydrogen-bond acceptors (Lipinski definition) is 4. The van der Waals surface area contributed by atoms with Crippen molar-refractivity contribution in [3.63, 3.8) is 0 Å². The third-order valence-corrected chi connectivity index (χ3v) is 5.54. The van der Waals surface area contributed by atoms with E-state index in [2.05, 4.69) is 27.7 Å². The fourth-order valence-electron chi connectivity index (χ4n) is 3.31. The fraction of sp³-hybridized carbons (Fsp3) is 0.450. The van der Waals surface area contributed by atoms with Gasteiger partial charge in [-0.2, -0.15) is 0 Å². The molecule has 134 valence electrons. The van der Waals surface area contributed by atoms with Crippen LogP contribution in [0.25, 0.3) is 0 Å². The summed E-state index contributed by atoms with van der Waals surface area (Å²) in [6.07, 6.45) is 3.79. The van der Waals surface area contributed by atoms with Crippen LogP contribution < -0.4 is 10.1 Å². The number of likely N-dealkylation sites (tertiary alicyclic amines) is 1. The normalized spacial score (nSPS) is 16.4. The van der Waals surface area contributed by atoms with Crippen molar-refractivity contribution in [2.24, 2.45) is 0 Å². The van der Waals surface area contributed by atoms with Crippen molar-refractivity contribution in [1.82, 2.24) is 10.2 Å². The van der Waals surface area contributed by atoms with Gasteiger partial charge in [-0.05, 0) is 62.5 Å². The van der Waals surface area contributed by atoms with E-state index in [0.29, 0.717) is 18.7 Å². The fourth-order valence-corrected chi connectivity index (χ4v) is 4.17. The summed E-state index contributed by atoms with van der Waals surface area (Å²) in [6.45, 7) is 5.40. The minimum atomic E-state index is -0.0416. The highest BCUT2D eigenvalue weighted by Gasteiger charge is 2.23. The van der Waals surface area contributed by atoms with Gasteiger partial charge in [-0.25, -0.2) is 0 Å². The highest BCUT2D eigenvalue weighted by molar-refractivity contribution is 7.10. The zero-order valence-electron chi connectivity index (χ0n) is 14.7. The van der Waals surface area contributed by atoms with E-state index in [1.54, 1.807) is 17.4 Å². The average Bonchev–Trinajstić information content (AvgIpc) is 3.18. The molecule has 1 aliphatic rings.